The minimum absolute atomic E-state index is 0.670. The van der Waals surface area contributed by atoms with Gasteiger partial charge in [-0.25, -0.2) is 0 Å². The lowest BCUT2D eigenvalue weighted by molar-refractivity contribution is 0.254. The molecule has 2 aliphatic carbocycles. The summed E-state index contributed by atoms with van der Waals surface area (Å²) < 4.78 is 0. The maximum Gasteiger partial charge on any atom is 0.0666 e. The van der Waals surface area contributed by atoms with Crippen molar-refractivity contribution in [2.45, 2.75) is 44.9 Å². The molecule has 0 aromatic carbocycles. The molecule has 1 nitrogen and oxygen atoms in total. The summed E-state index contributed by atoms with van der Waals surface area (Å²) in [5.41, 5.74) is 1.41. The highest BCUT2D eigenvalue weighted by atomic mass is 14.3. The summed E-state index contributed by atoms with van der Waals surface area (Å²) in [4.78, 5) is 0. The van der Waals surface area contributed by atoms with Gasteiger partial charge in [-0.1, -0.05) is 24.5 Å². The average molecular weight is 175 g/mol. The fraction of sp³-hybridized carbons (Fsp3) is 0.750. The number of rotatable bonds is 1. The monoisotopic (exact) mass is 175 g/mol. The molecule has 0 aliphatic heterocycles. The van der Waals surface area contributed by atoms with E-state index in [-0.39, 0.29) is 0 Å². The van der Waals surface area contributed by atoms with Crippen molar-refractivity contribution in [3.8, 4) is 6.07 Å². The Hall–Kier alpha value is -0.770. The zero-order chi connectivity index (χ0) is 9.10. The highest BCUT2D eigenvalue weighted by molar-refractivity contribution is 5.14. The lowest BCUT2D eigenvalue weighted by atomic mass is 9.72. The van der Waals surface area contributed by atoms with Crippen LogP contribution in [-0.4, -0.2) is 0 Å². The summed E-state index contributed by atoms with van der Waals surface area (Å²) >= 11 is 0. The third-order valence-electron chi connectivity index (χ3n) is 3.56. The van der Waals surface area contributed by atoms with Crippen LogP contribution in [0, 0.1) is 23.2 Å². The van der Waals surface area contributed by atoms with Crippen LogP contribution < -0.4 is 0 Å². The Morgan fingerprint density at radius 1 is 1.31 bits per heavy atom. The molecular formula is C12H17N. The van der Waals surface area contributed by atoms with Gasteiger partial charge in [0, 0.05) is 0 Å². The molecule has 2 unspecified atom stereocenters. The Balaban J connectivity index is 2.03. The molecule has 0 N–H and O–H groups in total. The first-order chi connectivity index (χ1) is 6.40. The van der Waals surface area contributed by atoms with Crippen molar-refractivity contribution in [2.24, 2.45) is 11.8 Å². The highest BCUT2D eigenvalue weighted by Gasteiger charge is 2.26. The summed E-state index contributed by atoms with van der Waals surface area (Å²) in [7, 11) is 0. The Morgan fingerprint density at radius 3 is 3.00 bits per heavy atom. The van der Waals surface area contributed by atoms with Crippen LogP contribution in [0.3, 0.4) is 0 Å². The van der Waals surface area contributed by atoms with E-state index in [1.54, 1.807) is 0 Å². The van der Waals surface area contributed by atoms with E-state index in [0.29, 0.717) is 6.42 Å². The standard InChI is InChI=1S/C12H17N/c13-8-7-10-5-6-11-3-1-2-4-12(11)9-10/h9,11-12H,1-7H2. The second-order valence-electron chi connectivity index (χ2n) is 4.41. The van der Waals surface area contributed by atoms with Gasteiger partial charge in [-0.15, -0.1) is 0 Å². The molecule has 2 rings (SSSR count). The fourth-order valence-corrected chi connectivity index (χ4v) is 2.82. The van der Waals surface area contributed by atoms with Crippen molar-refractivity contribution < 1.29 is 0 Å². The van der Waals surface area contributed by atoms with E-state index in [2.05, 4.69) is 12.1 Å². The maximum atomic E-state index is 8.62. The zero-order valence-electron chi connectivity index (χ0n) is 8.13. The first kappa shape index (κ1) is 8.81. The number of hydrogen-bond donors (Lipinski definition) is 0. The summed E-state index contributed by atoms with van der Waals surface area (Å²) in [5, 5.41) is 8.62. The van der Waals surface area contributed by atoms with Crippen LogP contribution >= 0.6 is 0 Å². The first-order valence-corrected chi connectivity index (χ1v) is 5.46. The molecule has 1 fully saturated rings. The molecule has 1 saturated carbocycles. The lowest BCUT2D eigenvalue weighted by Gasteiger charge is -2.33. The van der Waals surface area contributed by atoms with Gasteiger partial charge < -0.3 is 0 Å². The predicted molar refractivity (Wildman–Crippen MR) is 53.0 cm³/mol. The molecule has 2 aliphatic rings. The Bertz CT molecular complexity index is 246. The molecule has 70 valence electrons. The number of fused-ring (bicyclic) bond motifs is 1. The van der Waals surface area contributed by atoms with E-state index in [1.165, 1.54) is 44.1 Å². The SMILES string of the molecule is N#CCC1=CC2CCCCC2CC1. The first-order valence-electron chi connectivity index (χ1n) is 5.46. The summed E-state index contributed by atoms with van der Waals surface area (Å²) in [6, 6.07) is 2.26. The summed E-state index contributed by atoms with van der Waals surface area (Å²) in [6.07, 6.45) is 11.3. The van der Waals surface area contributed by atoms with Crippen LogP contribution in [-0.2, 0) is 0 Å². The van der Waals surface area contributed by atoms with Gasteiger partial charge >= 0.3 is 0 Å². The second-order valence-corrected chi connectivity index (χ2v) is 4.41. The molecular weight excluding hydrogens is 158 g/mol. The van der Waals surface area contributed by atoms with E-state index in [9.17, 15) is 0 Å². The third kappa shape index (κ3) is 1.94. The van der Waals surface area contributed by atoms with Gasteiger partial charge in [-0.2, -0.15) is 5.26 Å². The molecule has 0 amide bonds. The van der Waals surface area contributed by atoms with Gasteiger partial charge in [-0.3, -0.25) is 0 Å². The summed E-state index contributed by atoms with van der Waals surface area (Å²) in [5.74, 6) is 1.78. The van der Waals surface area contributed by atoms with Crippen LogP contribution in [0.2, 0.25) is 0 Å². The smallest absolute Gasteiger partial charge is 0.0666 e. The fourth-order valence-electron chi connectivity index (χ4n) is 2.82. The van der Waals surface area contributed by atoms with Gasteiger partial charge in [0.25, 0.3) is 0 Å². The van der Waals surface area contributed by atoms with E-state index < -0.39 is 0 Å². The van der Waals surface area contributed by atoms with Gasteiger partial charge in [0.1, 0.15) is 0 Å². The molecule has 2 atom stereocenters. The van der Waals surface area contributed by atoms with Crippen molar-refractivity contribution in [1.29, 1.82) is 5.26 Å². The molecule has 0 saturated heterocycles. The van der Waals surface area contributed by atoms with Crippen LogP contribution in [0.25, 0.3) is 0 Å². The third-order valence-corrected chi connectivity index (χ3v) is 3.56. The maximum absolute atomic E-state index is 8.62. The minimum Gasteiger partial charge on any atom is -0.198 e. The molecule has 13 heavy (non-hydrogen) atoms. The summed E-state index contributed by atoms with van der Waals surface area (Å²) in [6.45, 7) is 0. The second kappa shape index (κ2) is 3.96. The molecule has 1 heteroatoms. The van der Waals surface area contributed by atoms with Gasteiger partial charge in [0.15, 0.2) is 0 Å². The Kier molecular flexibility index (Phi) is 2.68. The van der Waals surface area contributed by atoms with Crippen molar-refractivity contribution in [3.05, 3.63) is 11.6 Å². The zero-order valence-corrected chi connectivity index (χ0v) is 8.13. The molecule has 0 spiro atoms. The lowest BCUT2D eigenvalue weighted by Crippen LogP contribution is -2.21. The van der Waals surface area contributed by atoms with Crippen molar-refractivity contribution in [2.75, 3.05) is 0 Å². The van der Waals surface area contributed by atoms with E-state index in [1.807, 2.05) is 0 Å². The topological polar surface area (TPSA) is 23.8 Å². The van der Waals surface area contributed by atoms with Crippen LogP contribution in [0.1, 0.15) is 44.9 Å². The van der Waals surface area contributed by atoms with E-state index >= 15 is 0 Å². The van der Waals surface area contributed by atoms with E-state index in [0.717, 1.165) is 11.8 Å². The van der Waals surface area contributed by atoms with Crippen molar-refractivity contribution >= 4 is 0 Å². The van der Waals surface area contributed by atoms with E-state index in [4.69, 9.17) is 5.26 Å². The molecule has 0 aromatic rings. The number of allylic oxidation sites excluding steroid dienone is 2. The van der Waals surface area contributed by atoms with Gasteiger partial charge in [0.05, 0.1) is 12.5 Å². The van der Waals surface area contributed by atoms with Gasteiger partial charge in [-0.05, 0) is 37.5 Å². The van der Waals surface area contributed by atoms with Crippen LogP contribution in [0.5, 0.6) is 0 Å². The molecule has 0 aromatic heterocycles. The minimum atomic E-state index is 0.670. The average Bonchev–Trinajstić information content (AvgIpc) is 2.18. The van der Waals surface area contributed by atoms with Gasteiger partial charge in [0.2, 0.25) is 0 Å². The Morgan fingerprint density at radius 2 is 2.15 bits per heavy atom. The number of nitrogens with zero attached hydrogens (tertiary/aromatic N) is 1. The normalized spacial score (nSPS) is 33.0. The molecule has 0 bridgehead atoms. The number of hydrogen-bond acceptors (Lipinski definition) is 1. The van der Waals surface area contributed by atoms with Crippen molar-refractivity contribution in [1.82, 2.24) is 0 Å². The highest BCUT2D eigenvalue weighted by Crippen LogP contribution is 2.39. The predicted octanol–water partition coefficient (Wildman–Crippen LogP) is 3.43. The molecule has 0 radical (unpaired) electrons. The van der Waals surface area contributed by atoms with Crippen LogP contribution in [0.15, 0.2) is 11.6 Å². The van der Waals surface area contributed by atoms with Crippen LogP contribution in [0.4, 0.5) is 0 Å². The molecule has 0 heterocycles. The Labute approximate surface area is 80.4 Å². The largest absolute Gasteiger partial charge is 0.198 e. The van der Waals surface area contributed by atoms with Crippen molar-refractivity contribution in [3.63, 3.8) is 0 Å². The number of nitriles is 1. The quantitative estimate of drug-likeness (QED) is 0.560.